The number of aromatic nitrogens is 2. The first-order valence-corrected chi connectivity index (χ1v) is 9.32. The van der Waals surface area contributed by atoms with E-state index in [0.29, 0.717) is 0 Å². The molecule has 1 heterocycles. The van der Waals surface area contributed by atoms with E-state index in [1.165, 1.54) is 61.6 Å². The van der Waals surface area contributed by atoms with Crippen molar-refractivity contribution in [1.82, 2.24) is 9.55 Å². The molecule has 0 bridgehead atoms. The molecule has 0 N–H and O–H groups in total. The molecule has 0 aliphatic rings. The molecular formula is C18H27BrN2. The molecule has 0 aliphatic carbocycles. The van der Waals surface area contributed by atoms with Gasteiger partial charge < -0.3 is 4.57 Å². The monoisotopic (exact) mass is 350 g/mol. The largest absolute Gasteiger partial charge is 0.331 e. The van der Waals surface area contributed by atoms with Gasteiger partial charge in [-0.05, 0) is 49.9 Å². The maximum Gasteiger partial charge on any atom is 0.0958 e. The highest BCUT2D eigenvalue weighted by Gasteiger charge is 2.04. The summed E-state index contributed by atoms with van der Waals surface area (Å²) in [7, 11) is 0. The van der Waals surface area contributed by atoms with Crippen LogP contribution in [0.3, 0.4) is 0 Å². The molecule has 0 radical (unpaired) electrons. The Morgan fingerprint density at radius 2 is 1.52 bits per heavy atom. The maximum absolute atomic E-state index is 4.53. The first-order chi connectivity index (χ1) is 10.2. The number of hydrogen-bond acceptors (Lipinski definition) is 1. The van der Waals surface area contributed by atoms with Crippen molar-refractivity contribution in [2.45, 2.75) is 65.3 Å². The predicted molar refractivity (Wildman–Crippen MR) is 95.3 cm³/mol. The average Bonchev–Trinajstić information content (AvgIpc) is 2.85. The van der Waals surface area contributed by atoms with E-state index in [0.717, 1.165) is 17.4 Å². The van der Waals surface area contributed by atoms with Gasteiger partial charge in [0.15, 0.2) is 0 Å². The highest BCUT2D eigenvalue weighted by atomic mass is 79.9. The van der Waals surface area contributed by atoms with E-state index >= 15 is 0 Å². The number of halogens is 1. The van der Waals surface area contributed by atoms with E-state index < -0.39 is 0 Å². The van der Waals surface area contributed by atoms with Crippen LogP contribution in [0.2, 0.25) is 0 Å². The van der Waals surface area contributed by atoms with E-state index in [2.05, 4.69) is 51.5 Å². The fourth-order valence-corrected chi connectivity index (χ4v) is 3.15. The lowest BCUT2D eigenvalue weighted by atomic mass is 10.1. The Morgan fingerprint density at radius 3 is 2.24 bits per heavy atom. The fraction of sp³-hybridized carbons (Fsp3) is 0.611. The van der Waals surface area contributed by atoms with Crippen LogP contribution in [-0.2, 0) is 6.54 Å². The number of alkyl halides is 1. The first-order valence-electron chi connectivity index (χ1n) is 8.20. The van der Waals surface area contributed by atoms with Gasteiger partial charge in [0.2, 0.25) is 0 Å². The Labute approximate surface area is 137 Å². The summed E-state index contributed by atoms with van der Waals surface area (Å²) in [6.07, 6.45) is 11.4. The van der Waals surface area contributed by atoms with Gasteiger partial charge in [0, 0.05) is 11.9 Å². The molecule has 116 valence electrons. The van der Waals surface area contributed by atoms with Crippen LogP contribution in [0.15, 0.2) is 18.5 Å². The molecule has 0 atom stereocenters. The normalized spacial score (nSPS) is 11.4. The third-order valence-electron chi connectivity index (χ3n) is 4.27. The lowest BCUT2D eigenvalue weighted by Crippen LogP contribution is -1.96. The summed E-state index contributed by atoms with van der Waals surface area (Å²) >= 11 is 3.49. The molecule has 0 amide bonds. The quantitative estimate of drug-likeness (QED) is 0.414. The molecule has 1 aromatic carbocycles. The maximum atomic E-state index is 4.53. The highest BCUT2D eigenvalue weighted by Crippen LogP contribution is 2.19. The summed E-state index contributed by atoms with van der Waals surface area (Å²) in [5.74, 6) is 0. The lowest BCUT2D eigenvalue weighted by molar-refractivity contribution is 0.556. The third-order valence-corrected chi connectivity index (χ3v) is 4.83. The minimum absolute atomic E-state index is 1.10. The molecular weight excluding hydrogens is 324 g/mol. The molecule has 0 saturated heterocycles. The summed E-state index contributed by atoms with van der Waals surface area (Å²) in [5.41, 5.74) is 5.11. The van der Waals surface area contributed by atoms with Crippen LogP contribution in [0.25, 0.3) is 11.0 Å². The second-order valence-corrected chi connectivity index (χ2v) is 6.82. The molecule has 0 unspecified atom stereocenters. The molecule has 0 aliphatic heterocycles. The van der Waals surface area contributed by atoms with Crippen LogP contribution in [0.5, 0.6) is 0 Å². The summed E-state index contributed by atoms with van der Waals surface area (Å²) in [5, 5.41) is 1.15. The number of rotatable bonds is 9. The molecule has 0 spiro atoms. The number of imidazole rings is 1. The van der Waals surface area contributed by atoms with Gasteiger partial charge in [0.05, 0.1) is 17.4 Å². The second kappa shape index (κ2) is 8.57. The van der Waals surface area contributed by atoms with Crippen LogP contribution in [0.4, 0.5) is 0 Å². The van der Waals surface area contributed by atoms with Crippen LogP contribution in [0.1, 0.15) is 56.1 Å². The van der Waals surface area contributed by atoms with E-state index in [1.807, 2.05) is 6.33 Å². The van der Waals surface area contributed by atoms with Gasteiger partial charge in [0.1, 0.15) is 0 Å². The van der Waals surface area contributed by atoms with E-state index in [-0.39, 0.29) is 0 Å². The van der Waals surface area contributed by atoms with Crippen molar-refractivity contribution in [1.29, 1.82) is 0 Å². The third kappa shape index (κ3) is 4.84. The van der Waals surface area contributed by atoms with Gasteiger partial charge in [-0.1, -0.05) is 48.0 Å². The van der Waals surface area contributed by atoms with E-state index in [4.69, 9.17) is 0 Å². The average molecular weight is 351 g/mol. The zero-order valence-electron chi connectivity index (χ0n) is 13.4. The zero-order chi connectivity index (χ0) is 15.1. The lowest BCUT2D eigenvalue weighted by Gasteiger charge is -2.06. The van der Waals surface area contributed by atoms with Gasteiger partial charge in [-0.15, -0.1) is 0 Å². The molecule has 21 heavy (non-hydrogen) atoms. The Bertz CT molecular complexity index is 560. The van der Waals surface area contributed by atoms with Gasteiger partial charge in [-0.25, -0.2) is 4.98 Å². The van der Waals surface area contributed by atoms with Crippen molar-refractivity contribution in [3.05, 3.63) is 29.6 Å². The zero-order valence-corrected chi connectivity index (χ0v) is 15.0. The van der Waals surface area contributed by atoms with Crippen molar-refractivity contribution < 1.29 is 0 Å². The molecule has 2 rings (SSSR count). The topological polar surface area (TPSA) is 17.8 Å². The van der Waals surface area contributed by atoms with E-state index in [1.54, 1.807) is 0 Å². The van der Waals surface area contributed by atoms with Crippen molar-refractivity contribution >= 4 is 27.0 Å². The number of aryl methyl sites for hydroxylation is 3. The molecule has 1 aromatic heterocycles. The Hall–Kier alpha value is -0.830. The summed E-state index contributed by atoms with van der Waals surface area (Å²) in [6.45, 7) is 5.43. The van der Waals surface area contributed by atoms with Gasteiger partial charge in [-0.3, -0.25) is 0 Å². The van der Waals surface area contributed by atoms with E-state index in [9.17, 15) is 0 Å². The summed E-state index contributed by atoms with van der Waals surface area (Å²) < 4.78 is 2.31. The molecule has 2 aromatic rings. The van der Waals surface area contributed by atoms with Gasteiger partial charge >= 0.3 is 0 Å². The number of benzene rings is 1. The summed E-state index contributed by atoms with van der Waals surface area (Å²) in [6, 6.07) is 4.48. The minimum atomic E-state index is 1.10. The standard InChI is InChI=1S/C18H27BrN2/c1-15-12-17-18(13-16(15)2)21(14-20-17)11-9-7-5-3-4-6-8-10-19/h12-14H,3-11H2,1-2H3. The van der Waals surface area contributed by atoms with Gasteiger partial charge in [-0.2, -0.15) is 0 Å². The second-order valence-electron chi connectivity index (χ2n) is 6.03. The van der Waals surface area contributed by atoms with Gasteiger partial charge in [0.25, 0.3) is 0 Å². The van der Waals surface area contributed by atoms with Crippen LogP contribution in [-0.4, -0.2) is 14.9 Å². The van der Waals surface area contributed by atoms with Crippen molar-refractivity contribution in [3.63, 3.8) is 0 Å². The van der Waals surface area contributed by atoms with Crippen molar-refractivity contribution in [2.75, 3.05) is 5.33 Å². The minimum Gasteiger partial charge on any atom is -0.331 e. The number of hydrogen-bond donors (Lipinski definition) is 0. The van der Waals surface area contributed by atoms with Crippen LogP contribution >= 0.6 is 15.9 Å². The number of fused-ring (bicyclic) bond motifs is 1. The SMILES string of the molecule is Cc1cc2ncn(CCCCCCCCCBr)c2cc1C. The smallest absolute Gasteiger partial charge is 0.0958 e. The molecule has 3 heteroatoms. The van der Waals surface area contributed by atoms with Crippen molar-refractivity contribution in [3.8, 4) is 0 Å². The Balaban J connectivity index is 1.75. The number of nitrogens with zero attached hydrogens (tertiary/aromatic N) is 2. The molecule has 0 fully saturated rings. The predicted octanol–water partition coefficient (Wildman–Crippen LogP) is 5.78. The summed E-state index contributed by atoms with van der Waals surface area (Å²) in [4.78, 5) is 4.53. The number of unbranched alkanes of at least 4 members (excludes halogenated alkanes) is 6. The fourth-order valence-electron chi connectivity index (χ4n) is 2.75. The Kier molecular flexibility index (Phi) is 6.75. The highest BCUT2D eigenvalue weighted by molar-refractivity contribution is 9.09. The first kappa shape index (κ1) is 16.5. The Morgan fingerprint density at radius 1 is 0.905 bits per heavy atom. The van der Waals surface area contributed by atoms with Crippen LogP contribution < -0.4 is 0 Å². The molecule has 0 saturated carbocycles. The molecule has 2 nitrogen and oxygen atoms in total. The van der Waals surface area contributed by atoms with Crippen LogP contribution in [0, 0.1) is 13.8 Å². The van der Waals surface area contributed by atoms with Crippen molar-refractivity contribution in [2.24, 2.45) is 0 Å².